The summed E-state index contributed by atoms with van der Waals surface area (Å²) < 4.78 is 36.6. The van der Waals surface area contributed by atoms with Crippen LogP contribution in [0.5, 0.6) is 5.75 Å². The third kappa shape index (κ3) is 5.90. The van der Waals surface area contributed by atoms with Gasteiger partial charge < -0.3 is 9.47 Å². The van der Waals surface area contributed by atoms with Crippen LogP contribution in [0.3, 0.4) is 0 Å². The average molecular weight is 459 g/mol. The second kappa shape index (κ2) is 10.3. The molecular formula is C25H34N2O4S. The van der Waals surface area contributed by atoms with Crippen molar-refractivity contribution >= 4 is 10.0 Å². The number of sulfonamides is 1. The third-order valence-corrected chi connectivity index (χ3v) is 7.83. The molecule has 0 bridgehead atoms. The van der Waals surface area contributed by atoms with E-state index in [0.29, 0.717) is 32.2 Å². The monoisotopic (exact) mass is 458 g/mol. The van der Waals surface area contributed by atoms with Gasteiger partial charge in [0, 0.05) is 39.8 Å². The molecule has 32 heavy (non-hydrogen) atoms. The lowest BCUT2D eigenvalue weighted by Crippen LogP contribution is -2.39. The Balaban J connectivity index is 1.36. The number of rotatable bonds is 9. The Kier molecular flexibility index (Phi) is 7.51. The molecule has 2 aromatic carbocycles. The molecule has 2 heterocycles. The van der Waals surface area contributed by atoms with E-state index < -0.39 is 10.0 Å². The number of nitrogens with zero attached hydrogens (tertiary/aromatic N) is 2. The summed E-state index contributed by atoms with van der Waals surface area (Å²) in [6, 6.07) is 15.2. The number of hydrogen-bond donors (Lipinski definition) is 0. The van der Waals surface area contributed by atoms with E-state index in [1.807, 2.05) is 0 Å². The minimum Gasteiger partial charge on any atom is -0.493 e. The molecule has 2 aliphatic rings. The number of benzene rings is 2. The molecule has 4 rings (SSSR count). The normalized spacial score (nSPS) is 18.1. The average Bonchev–Trinajstić information content (AvgIpc) is 3.19. The lowest BCUT2D eigenvalue weighted by Gasteiger charge is -2.30. The molecule has 0 amide bonds. The van der Waals surface area contributed by atoms with Gasteiger partial charge in [-0.05, 0) is 53.5 Å². The number of piperidine rings is 1. The van der Waals surface area contributed by atoms with Gasteiger partial charge in [-0.3, -0.25) is 4.90 Å². The smallest absolute Gasteiger partial charge is 0.211 e. The van der Waals surface area contributed by atoms with Crippen molar-refractivity contribution in [1.82, 2.24) is 9.21 Å². The third-order valence-electron chi connectivity index (χ3n) is 6.53. The van der Waals surface area contributed by atoms with Crippen molar-refractivity contribution in [1.29, 1.82) is 0 Å². The van der Waals surface area contributed by atoms with E-state index >= 15 is 0 Å². The van der Waals surface area contributed by atoms with E-state index in [-0.39, 0.29) is 0 Å². The minimum atomic E-state index is -3.09. The SMILES string of the molecule is COCCc1cc(CN2Cc3ccccc3C2)ccc1OCC1CCN(S(C)(=O)=O)CC1. The first kappa shape index (κ1) is 23.2. The Morgan fingerprint density at radius 3 is 2.34 bits per heavy atom. The summed E-state index contributed by atoms with van der Waals surface area (Å²) in [5, 5.41) is 0. The molecule has 174 valence electrons. The van der Waals surface area contributed by atoms with Crippen molar-refractivity contribution in [2.45, 2.75) is 38.9 Å². The van der Waals surface area contributed by atoms with Crippen molar-refractivity contribution in [2.75, 3.05) is 39.7 Å². The Morgan fingerprint density at radius 1 is 1.03 bits per heavy atom. The molecule has 1 fully saturated rings. The first-order valence-electron chi connectivity index (χ1n) is 11.4. The molecule has 0 radical (unpaired) electrons. The first-order chi connectivity index (χ1) is 15.4. The standard InChI is InChI=1S/C25H34N2O4S/c1-30-14-11-22-15-21(16-26-17-23-5-3-4-6-24(23)18-26)7-8-25(22)31-19-20-9-12-27(13-10-20)32(2,28)29/h3-8,15,20H,9-14,16-19H2,1-2H3. The molecular weight excluding hydrogens is 424 g/mol. The molecule has 2 aliphatic heterocycles. The van der Waals surface area contributed by atoms with E-state index in [9.17, 15) is 8.42 Å². The molecule has 0 aromatic heterocycles. The van der Waals surface area contributed by atoms with Crippen molar-refractivity contribution in [2.24, 2.45) is 5.92 Å². The predicted octanol–water partition coefficient (Wildman–Crippen LogP) is 3.44. The van der Waals surface area contributed by atoms with Crippen LogP contribution in [0.2, 0.25) is 0 Å². The molecule has 2 aromatic rings. The molecule has 0 spiro atoms. The van der Waals surface area contributed by atoms with Crippen molar-refractivity contribution < 1.29 is 17.9 Å². The van der Waals surface area contributed by atoms with Gasteiger partial charge in [0.25, 0.3) is 0 Å². The van der Waals surface area contributed by atoms with Crippen LogP contribution in [0.1, 0.15) is 35.1 Å². The van der Waals surface area contributed by atoms with E-state index in [0.717, 1.165) is 44.6 Å². The maximum absolute atomic E-state index is 11.7. The largest absolute Gasteiger partial charge is 0.493 e. The van der Waals surface area contributed by atoms with Crippen LogP contribution in [-0.4, -0.2) is 57.3 Å². The number of ether oxygens (including phenoxy) is 2. The van der Waals surface area contributed by atoms with Crippen LogP contribution in [0.15, 0.2) is 42.5 Å². The Hall–Kier alpha value is -1.93. The summed E-state index contributed by atoms with van der Waals surface area (Å²) >= 11 is 0. The predicted molar refractivity (Wildman–Crippen MR) is 126 cm³/mol. The van der Waals surface area contributed by atoms with Gasteiger partial charge in [0.2, 0.25) is 10.0 Å². The minimum absolute atomic E-state index is 0.381. The summed E-state index contributed by atoms with van der Waals surface area (Å²) in [5.74, 6) is 1.30. The fraction of sp³-hybridized carbons (Fsp3) is 0.520. The Labute approximate surface area is 192 Å². The second-order valence-electron chi connectivity index (χ2n) is 9.02. The van der Waals surface area contributed by atoms with Crippen LogP contribution in [0, 0.1) is 5.92 Å². The molecule has 7 heteroatoms. The fourth-order valence-corrected chi connectivity index (χ4v) is 5.54. The maximum Gasteiger partial charge on any atom is 0.211 e. The molecule has 6 nitrogen and oxygen atoms in total. The number of hydrogen-bond acceptors (Lipinski definition) is 5. The van der Waals surface area contributed by atoms with Gasteiger partial charge in [-0.2, -0.15) is 0 Å². The summed E-state index contributed by atoms with van der Waals surface area (Å²) in [5.41, 5.74) is 5.32. The van der Waals surface area contributed by atoms with Crippen LogP contribution in [-0.2, 0) is 40.8 Å². The highest BCUT2D eigenvalue weighted by atomic mass is 32.2. The van der Waals surface area contributed by atoms with Gasteiger partial charge >= 0.3 is 0 Å². The molecule has 0 N–H and O–H groups in total. The molecule has 1 saturated heterocycles. The zero-order valence-electron chi connectivity index (χ0n) is 19.1. The van der Waals surface area contributed by atoms with Crippen LogP contribution in [0.25, 0.3) is 0 Å². The van der Waals surface area contributed by atoms with Gasteiger partial charge in [0.05, 0.1) is 19.5 Å². The highest BCUT2D eigenvalue weighted by Crippen LogP contribution is 2.28. The summed E-state index contributed by atoms with van der Waals surface area (Å²) in [6.07, 6.45) is 3.78. The van der Waals surface area contributed by atoms with Crippen LogP contribution >= 0.6 is 0 Å². The van der Waals surface area contributed by atoms with Crippen LogP contribution in [0.4, 0.5) is 0 Å². The summed E-state index contributed by atoms with van der Waals surface area (Å²) in [6.45, 7) is 5.35. The van der Waals surface area contributed by atoms with E-state index in [4.69, 9.17) is 9.47 Å². The molecule has 0 aliphatic carbocycles. The summed E-state index contributed by atoms with van der Waals surface area (Å²) in [7, 11) is -1.37. The quantitative estimate of drug-likeness (QED) is 0.576. The van der Waals surface area contributed by atoms with Crippen molar-refractivity contribution in [3.63, 3.8) is 0 Å². The van der Waals surface area contributed by atoms with E-state index in [2.05, 4.69) is 47.4 Å². The van der Waals surface area contributed by atoms with E-state index in [1.54, 1.807) is 11.4 Å². The van der Waals surface area contributed by atoms with Crippen LogP contribution < -0.4 is 4.74 Å². The second-order valence-corrected chi connectivity index (χ2v) is 11.0. The number of methoxy groups -OCH3 is 1. The highest BCUT2D eigenvalue weighted by Gasteiger charge is 2.25. The fourth-order valence-electron chi connectivity index (χ4n) is 4.67. The van der Waals surface area contributed by atoms with Crippen molar-refractivity contribution in [3.05, 3.63) is 64.7 Å². The maximum atomic E-state index is 11.7. The first-order valence-corrected chi connectivity index (χ1v) is 13.2. The summed E-state index contributed by atoms with van der Waals surface area (Å²) in [4.78, 5) is 2.47. The van der Waals surface area contributed by atoms with Gasteiger partial charge in [-0.1, -0.05) is 36.4 Å². The zero-order valence-corrected chi connectivity index (χ0v) is 19.9. The van der Waals surface area contributed by atoms with Crippen molar-refractivity contribution in [3.8, 4) is 5.75 Å². The topological polar surface area (TPSA) is 59.1 Å². The lowest BCUT2D eigenvalue weighted by atomic mass is 9.99. The number of fused-ring (bicyclic) bond motifs is 1. The van der Waals surface area contributed by atoms with Gasteiger partial charge in [-0.25, -0.2) is 12.7 Å². The lowest BCUT2D eigenvalue weighted by molar-refractivity contribution is 0.181. The van der Waals surface area contributed by atoms with Gasteiger partial charge in [-0.15, -0.1) is 0 Å². The molecule has 0 saturated carbocycles. The van der Waals surface area contributed by atoms with Gasteiger partial charge in [0.15, 0.2) is 0 Å². The molecule has 0 unspecified atom stereocenters. The van der Waals surface area contributed by atoms with E-state index in [1.165, 1.54) is 28.5 Å². The Bertz CT molecular complexity index is 991. The highest BCUT2D eigenvalue weighted by molar-refractivity contribution is 7.88. The Morgan fingerprint density at radius 2 is 1.72 bits per heavy atom. The zero-order chi connectivity index (χ0) is 22.6. The molecule has 0 atom stereocenters. The van der Waals surface area contributed by atoms with Gasteiger partial charge in [0.1, 0.15) is 5.75 Å².